The molecule has 0 radical (unpaired) electrons. The molecule has 0 saturated heterocycles. The fraction of sp³-hybridized carbons (Fsp3) is 0.750. The van der Waals surface area contributed by atoms with Crippen LogP contribution < -0.4 is 0 Å². The zero-order valence-electron chi connectivity index (χ0n) is 11.9. The Bertz CT molecular complexity index is 277. The van der Waals surface area contributed by atoms with Gasteiger partial charge < -0.3 is 9.84 Å². The van der Waals surface area contributed by atoms with E-state index in [0.717, 1.165) is 0 Å². The molecular weight excluding hydrogens is 236 g/mol. The monoisotopic (exact) mass is 260 g/mol. The van der Waals surface area contributed by atoms with Crippen molar-refractivity contribution in [1.29, 1.82) is 0 Å². The Labute approximate surface area is 109 Å². The van der Waals surface area contributed by atoms with Crippen LogP contribution in [0, 0.1) is 0 Å². The molecule has 0 aliphatic heterocycles. The van der Waals surface area contributed by atoms with Gasteiger partial charge in [0.2, 0.25) is 0 Å². The quantitative estimate of drug-likeness (QED) is 0.428. The van der Waals surface area contributed by atoms with Crippen molar-refractivity contribution < 1.29 is 19.4 Å². The predicted octanol–water partition coefficient (Wildman–Crippen LogP) is 1.75. The van der Waals surface area contributed by atoms with E-state index in [1.807, 2.05) is 20.8 Å². The number of carbonyl (C=O) groups excluding carboxylic acids is 1. The van der Waals surface area contributed by atoms with Gasteiger partial charge in [0.25, 0.3) is 0 Å². The van der Waals surface area contributed by atoms with Crippen molar-refractivity contribution in [2.24, 2.45) is 5.10 Å². The van der Waals surface area contributed by atoms with Gasteiger partial charge in [-0.25, -0.2) is 0 Å². The van der Waals surface area contributed by atoms with Gasteiger partial charge in [-0.2, -0.15) is 5.10 Å². The second-order valence-electron chi connectivity index (χ2n) is 3.15. The summed E-state index contributed by atoms with van der Waals surface area (Å²) in [5.41, 5.74) is 0.620. The van der Waals surface area contributed by atoms with E-state index in [9.17, 15) is 9.59 Å². The number of carboxylic acids is 1. The van der Waals surface area contributed by atoms with Crippen LogP contribution >= 0.6 is 0 Å². The van der Waals surface area contributed by atoms with Crippen LogP contribution in [-0.4, -0.2) is 48.0 Å². The molecule has 0 spiro atoms. The SMILES string of the molecule is CC.CC/C(CC(=O)OC)=N\N(CC)CC(=O)O. The Morgan fingerprint density at radius 3 is 2.17 bits per heavy atom. The molecule has 0 aromatic carbocycles. The van der Waals surface area contributed by atoms with Crippen molar-refractivity contribution in [3.8, 4) is 0 Å². The first-order valence-electron chi connectivity index (χ1n) is 6.13. The van der Waals surface area contributed by atoms with Crippen LogP contribution in [-0.2, 0) is 14.3 Å². The molecule has 1 N–H and O–H groups in total. The second kappa shape index (κ2) is 11.9. The Kier molecular flexibility index (Phi) is 12.4. The van der Waals surface area contributed by atoms with Gasteiger partial charge in [-0.3, -0.25) is 14.6 Å². The van der Waals surface area contributed by atoms with Gasteiger partial charge in [-0.05, 0) is 13.3 Å². The van der Waals surface area contributed by atoms with Gasteiger partial charge >= 0.3 is 11.9 Å². The molecule has 0 amide bonds. The van der Waals surface area contributed by atoms with Crippen molar-refractivity contribution in [1.82, 2.24) is 5.01 Å². The fourth-order valence-corrected chi connectivity index (χ4v) is 1.04. The molecule has 0 bridgehead atoms. The standard InChI is InChI=1S/C10H18N2O4.C2H6/c1-4-8(6-10(15)16-3)11-12(5-2)7-9(13)14;1-2/h4-7H2,1-3H3,(H,13,14);1-2H3/b11-8+;. The molecule has 106 valence electrons. The van der Waals surface area contributed by atoms with Gasteiger partial charge in [0, 0.05) is 12.3 Å². The first-order valence-corrected chi connectivity index (χ1v) is 6.13. The molecule has 0 atom stereocenters. The predicted molar refractivity (Wildman–Crippen MR) is 70.6 cm³/mol. The zero-order valence-corrected chi connectivity index (χ0v) is 11.9. The molecule has 0 saturated carbocycles. The van der Waals surface area contributed by atoms with Crippen LogP contribution in [0.2, 0.25) is 0 Å². The molecule has 0 aromatic rings. The van der Waals surface area contributed by atoms with Gasteiger partial charge in [0.15, 0.2) is 0 Å². The fourth-order valence-electron chi connectivity index (χ4n) is 1.04. The largest absolute Gasteiger partial charge is 0.480 e. The number of hydrogen-bond acceptors (Lipinski definition) is 5. The summed E-state index contributed by atoms with van der Waals surface area (Å²) in [6.45, 7) is 7.98. The third kappa shape index (κ3) is 9.62. The van der Waals surface area contributed by atoms with Gasteiger partial charge in [0.05, 0.1) is 13.5 Å². The third-order valence-electron chi connectivity index (χ3n) is 1.95. The van der Waals surface area contributed by atoms with E-state index in [4.69, 9.17) is 5.11 Å². The summed E-state index contributed by atoms with van der Waals surface area (Å²) >= 11 is 0. The topological polar surface area (TPSA) is 79.2 Å². The normalized spacial score (nSPS) is 10.2. The highest BCUT2D eigenvalue weighted by molar-refractivity contribution is 5.98. The number of aliphatic carboxylic acids is 1. The molecule has 0 aliphatic rings. The first kappa shape index (κ1) is 18.8. The lowest BCUT2D eigenvalue weighted by Gasteiger charge is -2.16. The van der Waals surface area contributed by atoms with E-state index in [0.29, 0.717) is 18.7 Å². The van der Waals surface area contributed by atoms with Crippen molar-refractivity contribution in [2.75, 3.05) is 20.2 Å². The molecular formula is C12H24N2O4. The average molecular weight is 260 g/mol. The van der Waals surface area contributed by atoms with Gasteiger partial charge in [-0.1, -0.05) is 20.8 Å². The molecule has 0 aliphatic carbocycles. The van der Waals surface area contributed by atoms with Crippen molar-refractivity contribution in [2.45, 2.75) is 40.5 Å². The van der Waals surface area contributed by atoms with Gasteiger partial charge in [-0.15, -0.1) is 0 Å². The highest BCUT2D eigenvalue weighted by atomic mass is 16.5. The van der Waals surface area contributed by atoms with E-state index < -0.39 is 5.97 Å². The summed E-state index contributed by atoms with van der Waals surface area (Å²) in [6.07, 6.45) is 0.689. The summed E-state index contributed by atoms with van der Waals surface area (Å²) in [6, 6.07) is 0. The zero-order chi connectivity index (χ0) is 14.6. The number of nitrogens with zero attached hydrogens (tertiary/aromatic N) is 2. The third-order valence-corrected chi connectivity index (χ3v) is 1.95. The summed E-state index contributed by atoms with van der Waals surface area (Å²) < 4.78 is 4.52. The van der Waals surface area contributed by atoms with E-state index in [1.54, 1.807) is 6.92 Å². The first-order chi connectivity index (χ1) is 8.53. The summed E-state index contributed by atoms with van der Waals surface area (Å²) in [5, 5.41) is 14.1. The highest BCUT2D eigenvalue weighted by Gasteiger charge is 2.09. The minimum absolute atomic E-state index is 0.100. The number of esters is 1. The maximum atomic E-state index is 11.0. The maximum Gasteiger partial charge on any atom is 0.324 e. The lowest BCUT2D eigenvalue weighted by atomic mass is 10.2. The summed E-state index contributed by atoms with van der Waals surface area (Å²) in [7, 11) is 1.31. The number of methoxy groups -OCH3 is 1. The highest BCUT2D eigenvalue weighted by Crippen LogP contribution is 1.99. The van der Waals surface area contributed by atoms with E-state index >= 15 is 0 Å². The number of likely N-dealkylation sites (N-methyl/N-ethyl adjacent to an activating group) is 1. The summed E-state index contributed by atoms with van der Waals surface area (Å²) in [5.74, 6) is -1.31. The minimum atomic E-state index is -0.945. The van der Waals surface area contributed by atoms with Crippen LogP contribution in [0.25, 0.3) is 0 Å². The molecule has 6 heteroatoms. The lowest BCUT2D eigenvalue weighted by Crippen LogP contribution is -2.26. The second-order valence-corrected chi connectivity index (χ2v) is 3.15. The number of carbonyl (C=O) groups is 2. The number of hydrazone groups is 1. The van der Waals surface area contributed by atoms with E-state index in [-0.39, 0.29) is 18.9 Å². The Hall–Kier alpha value is -1.59. The minimum Gasteiger partial charge on any atom is -0.480 e. The number of ether oxygens (including phenoxy) is 1. The molecule has 0 fully saturated rings. The average Bonchev–Trinajstić information content (AvgIpc) is 2.38. The van der Waals surface area contributed by atoms with Crippen molar-refractivity contribution in [3.05, 3.63) is 0 Å². The molecule has 0 unspecified atom stereocenters. The Balaban J connectivity index is 0. The van der Waals surface area contributed by atoms with E-state index in [1.165, 1.54) is 12.1 Å². The molecule has 18 heavy (non-hydrogen) atoms. The van der Waals surface area contributed by atoms with E-state index in [2.05, 4.69) is 9.84 Å². The number of carboxylic acid groups (broad SMARTS) is 1. The number of hydrogen-bond donors (Lipinski definition) is 1. The summed E-state index contributed by atoms with van der Waals surface area (Å²) in [4.78, 5) is 21.5. The van der Waals surface area contributed by atoms with Crippen LogP contribution in [0.5, 0.6) is 0 Å². The molecule has 0 heterocycles. The van der Waals surface area contributed by atoms with Crippen molar-refractivity contribution in [3.63, 3.8) is 0 Å². The van der Waals surface area contributed by atoms with Crippen molar-refractivity contribution >= 4 is 17.7 Å². The van der Waals surface area contributed by atoms with Crippen LogP contribution in [0.3, 0.4) is 0 Å². The Morgan fingerprint density at radius 2 is 1.83 bits per heavy atom. The molecule has 6 nitrogen and oxygen atoms in total. The molecule has 0 rings (SSSR count). The van der Waals surface area contributed by atoms with Gasteiger partial charge in [0.1, 0.15) is 6.54 Å². The number of rotatable bonds is 7. The maximum absolute atomic E-state index is 11.0. The van der Waals surface area contributed by atoms with Crippen LogP contribution in [0.4, 0.5) is 0 Å². The molecule has 0 aromatic heterocycles. The van der Waals surface area contributed by atoms with Crippen LogP contribution in [0.1, 0.15) is 40.5 Å². The smallest absolute Gasteiger partial charge is 0.324 e. The lowest BCUT2D eigenvalue weighted by molar-refractivity contribution is -0.139. The van der Waals surface area contributed by atoms with Crippen LogP contribution in [0.15, 0.2) is 5.10 Å². The Morgan fingerprint density at radius 1 is 1.28 bits per heavy atom.